The second kappa shape index (κ2) is 9.87. The SMILES string of the molecule is CCn1c(-c2ccccc2)c(C(=O)CSc2nc(CC(=O)OC)cc(=O)[nH]2)c2ccccc21. The van der Waals surface area contributed by atoms with Crippen molar-refractivity contribution in [3.63, 3.8) is 0 Å². The van der Waals surface area contributed by atoms with Crippen molar-refractivity contribution < 1.29 is 14.3 Å². The molecular formula is C25H23N3O4S. The summed E-state index contributed by atoms with van der Waals surface area (Å²) in [6, 6.07) is 19.0. The first-order valence-corrected chi connectivity index (χ1v) is 11.5. The Morgan fingerprint density at radius 1 is 1.09 bits per heavy atom. The van der Waals surface area contributed by atoms with Crippen LogP contribution in [-0.2, 0) is 22.5 Å². The monoisotopic (exact) mass is 461 g/mol. The fourth-order valence-corrected chi connectivity index (χ4v) is 4.65. The fourth-order valence-electron chi connectivity index (χ4n) is 3.88. The second-order valence-electron chi connectivity index (χ2n) is 7.36. The van der Waals surface area contributed by atoms with E-state index < -0.39 is 5.97 Å². The van der Waals surface area contributed by atoms with Crippen LogP contribution in [0.2, 0.25) is 0 Å². The van der Waals surface area contributed by atoms with Gasteiger partial charge in [-0.25, -0.2) is 4.98 Å². The number of ketones is 1. The predicted octanol–water partition coefficient (Wildman–Crippen LogP) is 4.10. The normalized spacial score (nSPS) is 11.0. The second-order valence-corrected chi connectivity index (χ2v) is 8.32. The number of fused-ring (bicyclic) bond motifs is 1. The van der Waals surface area contributed by atoms with Gasteiger partial charge in [-0.15, -0.1) is 0 Å². The molecule has 0 aliphatic rings. The summed E-state index contributed by atoms with van der Waals surface area (Å²) in [6.07, 6.45) is -0.107. The molecule has 0 aliphatic carbocycles. The summed E-state index contributed by atoms with van der Waals surface area (Å²) in [4.78, 5) is 44.0. The average Bonchev–Trinajstić information content (AvgIpc) is 3.17. The highest BCUT2D eigenvalue weighted by Crippen LogP contribution is 2.35. The van der Waals surface area contributed by atoms with Gasteiger partial charge in [0, 0.05) is 23.5 Å². The quantitative estimate of drug-likeness (QED) is 0.184. The molecule has 0 aliphatic heterocycles. The van der Waals surface area contributed by atoms with E-state index in [1.807, 2.05) is 54.6 Å². The molecule has 33 heavy (non-hydrogen) atoms. The lowest BCUT2D eigenvalue weighted by Crippen LogP contribution is -2.14. The maximum atomic E-state index is 13.5. The number of methoxy groups -OCH3 is 1. The smallest absolute Gasteiger partial charge is 0.311 e. The zero-order valence-electron chi connectivity index (χ0n) is 18.3. The van der Waals surface area contributed by atoms with Gasteiger partial charge in [0.05, 0.1) is 36.2 Å². The Morgan fingerprint density at radius 2 is 1.82 bits per heavy atom. The lowest BCUT2D eigenvalue weighted by molar-refractivity contribution is -0.139. The van der Waals surface area contributed by atoms with Crippen LogP contribution in [0, 0.1) is 0 Å². The highest BCUT2D eigenvalue weighted by molar-refractivity contribution is 7.99. The summed E-state index contributed by atoms with van der Waals surface area (Å²) in [5.41, 5.74) is 3.42. The summed E-state index contributed by atoms with van der Waals surface area (Å²) in [6.45, 7) is 2.78. The Labute approximate surface area is 194 Å². The van der Waals surface area contributed by atoms with Gasteiger partial charge in [0.25, 0.3) is 5.56 Å². The summed E-state index contributed by atoms with van der Waals surface area (Å²) in [7, 11) is 1.28. The molecule has 0 atom stereocenters. The topological polar surface area (TPSA) is 94.0 Å². The lowest BCUT2D eigenvalue weighted by atomic mass is 10.0. The van der Waals surface area contributed by atoms with E-state index in [-0.39, 0.29) is 28.7 Å². The van der Waals surface area contributed by atoms with Crippen LogP contribution in [0.5, 0.6) is 0 Å². The van der Waals surface area contributed by atoms with Gasteiger partial charge in [-0.3, -0.25) is 14.4 Å². The molecule has 2 heterocycles. The number of carbonyl (C=O) groups excluding carboxylic acids is 2. The number of nitrogens with one attached hydrogen (secondary N) is 1. The Morgan fingerprint density at radius 3 is 2.55 bits per heavy atom. The molecule has 0 radical (unpaired) electrons. The number of ether oxygens (including phenoxy) is 1. The molecule has 0 fully saturated rings. The van der Waals surface area contributed by atoms with E-state index >= 15 is 0 Å². The number of esters is 1. The summed E-state index contributed by atoms with van der Waals surface area (Å²) >= 11 is 1.14. The van der Waals surface area contributed by atoms with E-state index in [9.17, 15) is 14.4 Å². The number of aryl methyl sites for hydroxylation is 1. The standard InChI is InChI=1S/C25H23N3O4S/c1-3-28-19-12-8-7-11-18(19)23(24(28)16-9-5-4-6-10-16)20(29)15-33-25-26-17(13-21(30)27-25)14-22(31)32-2/h4-13H,3,14-15H2,1-2H3,(H,26,27,30). The number of aromatic amines is 1. The third kappa shape index (κ3) is 4.75. The third-order valence-corrected chi connectivity index (χ3v) is 6.15. The van der Waals surface area contributed by atoms with Crippen molar-refractivity contribution in [1.29, 1.82) is 0 Å². The Balaban J connectivity index is 1.70. The van der Waals surface area contributed by atoms with Crippen LogP contribution in [0.1, 0.15) is 23.0 Å². The number of benzene rings is 2. The summed E-state index contributed by atoms with van der Waals surface area (Å²) in [5.74, 6) is -0.467. The van der Waals surface area contributed by atoms with Crippen LogP contribution in [0.25, 0.3) is 22.2 Å². The van der Waals surface area contributed by atoms with Crippen molar-refractivity contribution in [2.24, 2.45) is 0 Å². The van der Waals surface area contributed by atoms with Crippen molar-refractivity contribution in [2.75, 3.05) is 12.9 Å². The maximum absolute atomic E-state index is 13.5. The first kappa shape index (κ1) is 22.5. The summed E-state index contributed by atoms with van der Waals surface area (Å²) < 4.78 is 6.80. The molecule has 4 aromatic rings. The van der Waals surface area contributed by atoms with Crippen molar-refractivity contribution >= 4 is 34.4 Å². The summed E-state index contributed by atoms with van der Waals surface area (Å²) in [5, 5.41) is 1.18. The molecule has 8 heteroatoms. The van der Waals surface area contributed by atoms with Crippen molar-refractivity contribution in [3.05, 3.63) is 82.3 Å². The van der Waals surface area contributed by atoms with Crippen LogP contribution >= 0.6 is 11.8 Å². The van der Waals surface area contributed by atoms with E-state index in [4.69, 9.17) is 0 Å². The molecule has 4 rings (SSSR count). The molecule has 0 unspecified atom stereocenters. The molecule has 0 amide bonds. The molecular weight excluding hydrogens is 438 g/mol. The van der Waals surface area contributed by atoms with E-state index in [2.05, 4.69) is 26.2 Å². The van der Waals surface area contributed by atoms with Crippen LogP contribution < -0.4 is 5.56 Å². The number of carbonyl (C=O) groups is 2. The van der Waals surface area contributed by atoms with E-state index in [1.54, 1.807) is 0 Å². The highest BCUT2D eigenvalue weighted by atomic mass is 32.2. The number of rotatable bonds is 8. The number of nitrogens with zero attached hydrogens (tertiary/aromatic N) is 2. The molecule has 2 aromatic heterocycles. The molecule has 0 spiro atoms. The highest BCUT2D eigenvalue weighted by Gasteiger charge is 2.23. The number of Topliss-reactive ketones (excluding diaryl/α,β-unsaturated/α-hetero) is 1. The van der Waals surface area contributed by atoms with Crippen LogP contribution in [0.3, 0.4) is 0 Å². The van der Waals surface area contributed by atoms with Crippen LogP contribution in [0.15, 0.2) is 70.6 Å². The first-order valence-electron chi connectivity index (χ1n) is 10.5. The number of H-pyrrole nitrogens is 1. The Kier molecular flexibility index (Phi) is 6.74. The zero-order chi connectivity index (χ0) is 23.4. The minimum Gasteiger partial charge on any atom is -0.469 e. The zero-order valence-corrected chi connectivity index (χ0v) is 19.1. The van der Waals surface area contributed by atoms with E-state index in [0.29, 0.717) is 11.3 Å². The van der Waals surface area contributed by atoms with Gasteiger partial charge in [-0.1, -0.05) is 60.3 Å². The minimum absolute atomic E-state index is 0.0664. The molecule has 0 saturated heterocycles. The van der Waals surface area contributed by atoms with Gasteiger partial charge in [-0.05, 0) is 18.6 Å². The molecule has 7 nitrogen and oxygen atoms in total. The van der Waals surface area contributed by atoms with Gasteiger partial charge in [0.1, 0.15) is 0 Å². The first-order chi connectivity index (χ1) is 16.0. The number of hydrogen-bond acceptors (Lipinski definition) is 6. The Hall–Kier alpha value is -3.65. The number of aromatic nitrogens is 3. The van der Waals surface area contributed by atoms with Gasteiger partial charge in [0.2, 0.25) is 0 Å². The van der Waals surface area contributed by atoms with Gasteiger partial charge in [0.15, 0.2) is 10.9 Å². The fraction of sp³-hybridized carbons (Fsp3) is 0.200. The molecule has 1 N–H and O–H groups in total. The average molecular weight is 462 g/mol. The van der Waals surface area contributed by atoms with Gasteiger partial charge in [-0.2, -0.15) is 0 Å². The third-order valence-electron chi connectivity index (χ3n) is 5.28. The molecule has 0 saturated carbocycles. The maximum Gasteiger partial charge on any atom is 0.311 e. The predicted molar refractivity (Wildman–Crippen MR) is 129 cm³/mol. The number of para-hydroxylation sites is 1. The van der Waals surface area contributed by atoms with Gasteiger partial charge >= 0.3 is 5.97 Å². The Bertz CT molecular complexity index is 1380. The van der Waals surface area contributed by atoms with Crippen LogP contribution in [0.4, 0.5) is 0 Å². The van der Waals surface area contributed by atoms with E-state index in [0.717, 1.165) is 40.5 Å². The van der Waals surface area contributed by atoms with Crippen molar-refractivity contribution in [3.8, 4) is 11.3 Å². The van der Waals surface area contributed by atoms with Gasteiger partial charge < -0.3 is 14.3 Å². The van der Waals surface area contributed by atoms with E-state index in [1.165, 1.54) is 13.2 Å². The molecule has 168 valence electrons. The molecule has 2 aromatic carbocycles. The lowest BCUT2D eigenvalue weighted by Gasteiger charge is -2.10. The van der Waals surface area contributed by atoms with Crippen molar-refractivity contribution in [2.45, 2.75) is 25.0 Å². The van der Waals surface area contributed by atoms with Crippen molar-refractivity contribution in [1.82, 2.24) is 14.5 Å². The largest absolute Gasteiger partial charge is 0.469 e. The van der Waals surface area contributed by atoms with Crippen LogP contribution in [-0.4, -0.2) is 39.2 Å². The number of hydrogen-bond donors (Lipinski definition) is 1. The number of thioether (sulfide) groups is 1. The molecule has 0 bridgehead atoms. The minimum atomic E-state index is -0.486.